The second-order valence-corrected chi connectivity index (χ2v) is 4.88. The summed E-state index contributed by atoms with van der Waals surface area (Å²) in [6.45, 7) is 2.72. The minimum Gasteiger partial charge on any atom is -0.497 e. The number of methoxy groups -OCH3 is 1. The van der Waals surface area contributed by atoms with Crippen molar-refractivity contribution in [1.82, 2.24) is 0 Å². The Balaban J connectivity index is 2.06. The molecule has 0 bridgehead atoms. The zero-order chi connectivity index (χ0) is 15.2. The van der Waals surface area contributed by atoms with Crippen molar-refractivity contribution in [3.63, 3.8) is 0 Å². The molecule has 110 valence electrons. The smallest absolute Gasteiger partial charge is 0.337 e. The van der Waals surface area contributed by atoms with Gasteiger partial charge in [0.15, 0.2) is 0 Å². The Bertz CT molecular complexity index is 638. The fraction of sp³-hybridized carbons (Fsp3) is 0.235. The Morgan fingerprint density at radius 2 is 2.05 bits per heavy atom. The molecule has 0 spiro atoms. The van der Waals surface area contributed by atoms with E-state index in [9.17, 15) is 9.90 Å². The Labute approximate surface area is 124 Å². The maximum atomic E-state index is 11.2. The van der Waals surface area contributed by atoms with Crippen molar-refractivity contribution in [2.45, 2.75) is 13.3 Å². The molecular formula is C17H19NO3. The number of aryl methyl sites for hydroxylation is 1. The Morgan fingerprint density at radius 3 is 2.71 bits per heavy atom. The van der Waals surface area contributed by atoms with E-state index < -0.39 is 5.97 Å². The standard InChI is InChI=1S/C17H19NO3/c1-12-4-3-5-13(10-12)8-9-18-16-11-14(21-2)6-7-15(16)17(19)20/h3-7,10-11,18H,8-9H2,1-2H3,(H,19,20). The number of aromatic carboxylic acids is 1. The maximum Gasteiger partial charge on any atom is 0.337 e. The molecule has 0 heterocycles. The molecule has 0 radical (unpaired) electrons. The molecule has 0 aliphatic carbocycles. The van der Waals surface area contributed by atoms with Gasteiger partial charge in [-0.1, -0.05) is 29.8 Å². The number of carbonyl (C=O) groups is 1. The molecule has 4 heteroatoms. The summed E-state index contributed by atoms with van der Waals surface area (Å²) < 4.78 is 5.14. The summed E-state index contributed by atoms with van der Waals surface area (Å²) in [5, 5.41) is 12.4. The third-order valence-electron chi connectivity index (χ3n) is 3.27. The lowest BCUT2D eigenvalue weighted by Crippen LogP contribution is -2.09. The average molecular weight is 285 g/mol. The molecule has 0 saturated heterocycles. The van der Waals surface area contributed by atoms with Crippen LogP contribution in [0.25, 0.3) is 0 Å². The van der Waals surface area contributed by atoms with E-state index in [0.29, 0.717) is 18.0 Å². The molecule has 4 nitrogen and oxygen atoms in total. The SMILES string of the molecule is COc1ccc(C(=O)O)c(NCCc2cccc(C)c2)c1. The summed E-state index contributed by atoms with van der Waals surface area (Å²) in [5.74, 6) is -0.311. The number of benzene rings is 2. The second kappa shape index (κ2) is 6.79. The number of rotatable bonds is 6. The Kier molecular flexibility index (Phi) is 4.82. The first-order valence-corrected chi connectivity index (χ1v) is 6.81. The van der Waals surface area contributed by atoms with Crippen molar-refractivity contribution < 1.29 is 14.6 Å². The second-order valence-electron chi connectivity index (χ2n) is 4.88. The van der Waals surface area contributed by atoms with Crippen molar-refractivity contribution in [2.24, 2.45) is 0 Å². The third-order valence-corrected chi connectivity index (χ3v) is 3.27. The number of ether oxygens (including phenoxy) is 1. The first-order valence-electron chi connectivity index (χ1n) is 6.81. The van der Waals surface area contributed by atoms with E-state index in [4.69, 9.17) is 4.74 Å². The van der Waals surface area contributed by atoms with Gasteiger partial charge < -0.3 is 15.2 Å². The van der Waals surface area contributed by atoms with Gasteiger partial charge in [0, 0.05) is 12.6 Å². The summed E-state index contributed by atoms with van der Waals surface area (Å²) in [5.41, 5.74) is 3.27. The topological polar surface area (TPSA) is 58.6 Å². The Morgan fingerprint density at radius 1 is 1.24 bits per heavy atom. The van der Waals surface area contributed by atoms with Gasteiger partial charge in [0.25, 0.3) is 0 Å². The normalized spacial score (nSPS) is 10.2. The number of nitrogens with one attached hydrogen (secondary N) is 1. The quantitative estimate of drug-likeness (QED) is 0.854. The highest BCUT2D eigenvalue weighted by molar-refractivity contribution is 5.94. The molecule has 0 unspecified atom stereocenters. The third kappa shape index (κ3) is 3.99. The van der Waals surface area contributed by atoms with Gasteiger partial charge in [-0.25, -0.2) is 4.79 Å². The maximum absolute atomic E-state index is 11.2. The number of anilines is 1. The van der Waals surface area contributed by atoms with Gasteiger partial charge >= 0.3 is 5.97 Å². The van der Waals surface area contributed by atoms with Crippen LogP contribution in [0.15, 0.2) is 42.5 Å². The molecule has 0 aromatic heterocycles. The van der Waals surface area contributed by atoms with Crippen LogP contribution in [0.2, 0.25) is 0 Å². The average Bonchev–Trinajstić information content (AvgIpc) is 2.47. The summed E-state index contributed by atoms with van der Waals surface area (Å²) in [6, 6.07) is 13.2. The lowest BCUT2D eigenvalue weighted by molar-refractivity contribution is 0.0698. The lowest BCUT2D eigenvalue weighted by Gasteiger charge is -2.11. The van der Waals surface area contributed by atoms with E-state index in [1.54, 1.807) is 25.3 Å². The monoisotopic (exact) mass is 285 g/mol. The van der Waals surface area contributed by atoms with Gasteiger partial charge in [-0.3, -0.25) is 0 Å². The lowest BCUT2D eigenvalue weighted by atomic mass is 10.1. The number of hydrogen-bond donors (Lipinski definition) is 2. The van der Waals surface area contributed by atoms with Crippen LogP contribution in [0.5, 0.6) is 5.75 Å². The van der Waals surface area contributed by atoms with Gasteiger partial charge in [-0.2, -0.15) is 0 Å². The highest BCUT2D eigenvalue weighted by atomic mass is 16.5. The van der Waals surface area contributed by atoms with E-state index in [1.807, 2.05) is 6.07 Å². The predicted molar refractivity (Wildman–Crippen MR) is 83.3 cm³/mol. The van der Waals surface area contributed by atoms with Gasteiger partial charge in [0.1, 0.15) is 5.75 Å². The van der Waals surface area contributed by atoms with E-state index in [-0.39, 0.29) is 5.56 Å². The summed E-state index contributed by atoms with van der Waals surface area (Å²) >= 11 is 0. The first-order chi connectivity index (χ1) is 10.1. The molecule has 0 atom stereocenters. The minimum absolute atomic E-state index is 0.250. The predicted octanol–water partition coefficient (Wildman–Crippen LogP) is 3.36. The fourth-order valence-electron chi connectivity index (χ4n) is 2.19. The highest BCUT2D eigenvalue weighted by Crippen LogP contribution is 2.22. The van der Waals surface area contributed by atoms with E-state index in [0.717, 1.165) is 6.42 Å². The van der Waals surface area contributed by atoms with Crippen molar-refractivity contribution in [3.05, 3.63) is 59.2 Å². The van der Waals surface area contributed by atoms with Crippen molar-refractivity contribution in [2.75, 3.05) is 19.0 Å². The number of carboxylic acids is 1. The largest absolute Gasteiger partial charge is 0.497 e. The number of hydrogen-bond acceptors (Lipinski definition) is 3. The zero-order valence-electron chi connectivity index (χ0n) is 12.2. The molecule has 0 fully saturated rings. The Hall–Kier alpha value is -2.49. The summed E-state index contributed by atoms with van der Waals surface area (Å²) in [6.07, 6.45) is 0.831. The van der Waals surface area contributed by atoms with Crippen molar-refractivity contribution in [3.8, 4) is 5.75 Å². The van der Waals surface area contributed by atoms with Gasteiger partial charge in [-0.15, -0.1) is 0 Å². The molecule has 0 saturated carbocycles. The summed E-state index contributed by atoms with van der Waals surface area (Å²) in [7, 11) is 1.56. The van der Waals surface area contributed by atoms with Gasteiger partial charge in [0.05, 0.1) is 18.4 Å². The molecule has 0 aliphatic heterocycles. The van der Waals surface area contributed by atoms with Crippen LogP contribution in [0, 0.1) is 6.92 Å². The molecular weight excluding hydrogens is 266 g/mol. The van der Waals surface area contributed by atoms with E-state index >= 15 is 0 Å². The van der Waals surface area contributed by atoms with Crippen molar-refractivity contribution >= 4 is 11.7 Å². The minimum atomic E-state index is -0.948. The van der Waals surface area contributed by atoms with Crippen LogP contribution < -0.4 is 10.1 Å². The van der Waals surface area contributed by atoms with Crippen LogP contribution in [0.1, 0.15) is 21.5 Å². The van der Waals surface area contributed by atoms with Gasteiger partial charge in [0.2, 0.25) is 0 Å². The highest BCUT2D eigenvalue weighted by Gasteiger charge is 2.10. The van der Waals surface area contributed by atoms with Crippen LogP contribution >= 0.6 is 0 Å². The fourth-order valence-corrected chi connectivity index (χ4v) is 2.19. The van der Waals surface area contributed by atoms with E-state index in [2.05, 4.69) is 30.4 Å². The van der Waals surface area contributed by atoms with Crippen LogP contribution in [-0.2, 0) is 6.42 Å². The van der Waals surface area contributed by atoms with Crippen LogP contribution in [0.4, 0.5) is 5.69 Å². The molecule has 0 amide bonds. The zero-order valence-corrected chi connectivity index (χ0v) is 12.2. The van der Waals surface area contributed by atoms with Crippen molar-refractivity contribution in [1.29, 1.82) is 0 Å². The first kappa shape index (κ1) is 14.9. The molecule has 2 aromatic rings. The number of carboxylic acid groups (broad SMARTS) is 1. The van der Waals surface area contributed by atoms with Crippen LogP contribution in [0.3, 0.4) is 0 Å². The van der Waals surface area contributed by atoms with Gasteiger partial charge in [-0.05, 0) is 31.0 Å². The molecule has 0 aliphatic rings. The molecule has 21 heavy (non-hydrogen) atoms. The molecule has 2 aromatic carbocycles. The van der Waals surface area contributed by atoms with Crippen LogP contribution in [-0.4, -0.2) is 24.7 Å². The van der Waals surface area contributed by atoms with E-state index in [1.165, 1.54) is 11.1 Å². The molecule has 2 N–H and O–H groups in total. The summed E-state index contributed by atoms with van der Waals surface area (Å²) in [4.78, 5) is 11.2. The molecule has 2 rings (SSSR count).